The van der Waals surface area contributed by atoms with E-state index < -0.39 is 24.1 Å². The summed E-state index contributed by atoms with van der Waals surface area (Å²) in [7, 11) is 0. The van der Waals surface area contributed by atoms with Crippen LogP contribution < -0.4 is 5.73 Å². The molecule has 92 valence electrons. The highest BCUT2D eigenvalue weighted by Gasteiger charge is 2.27. The van der Waals surface area contributed by atoms with Crippen LogP contribution in [-0.2, 0) is 4.79 Å². The summed E-state index contributed by atoms with van der Waals surface area (Å²) in [4.78, 5) is 21.7. The number of carbonyl (C=O) groups excluding carboxylic acids is 1. The number of amides is 1. The molecule has 0 heterocycles. The molecule has 0 bridgehead atoms. The van der Waals surface area contributed by atoms with Crippen molar-refractivity contribution in [3.8, 4) is 0 Å². The van der Waals surface area contributed by atoms with E-state index in [1.54, 1.807) is 0 Å². The van der Waals surface area contributed by atoms with Gasteiger partial charge in [0.1, 0.15) is 6.10 Å². The normalized spacial score (nSPS) is 14.1. The molecule has 0 aliphatic rings. The van der Waals surface area contributed by atoms with Gasteiger partial charge in [-0.1, -0.05) is 22.0 Å². The third-order valence-corrected chi connectivity index (χ3v) is 2.65. The van der Waals surface area contributed by atoms with Crippen LogP contribution in [0.1, 0.15) is 22.0 Å². The monoisotopic (exact) mass is 303 g/mol. The first-order valence-corrected chi connectivity index (χ1v) is 5.32. The highest BCUT2D eigenvalue weighted by Crippen LogP contribution is 2.24. The quantitative estimate of drug-likeness (QED) is 0.625. The zero-order valence-electron chi connectivity index (χ0n) is 8.50. The van der Waals surface area contributed by atoms with Crippen LogP contribution in [0.5, 0.6) is 0 Å². The zero-order chi connectivity index (χ0) is 13.2. The fourth-order valence-corrected chi connectivity index (χ4v) is 1.66. The van der Waals surface area contributed by atoms with E-state index in [0.29, 0.717) is 4.47 Å². The van der Waals surface area contributed by atoms with Gasteiger partial charge < -0.3 is 21.1 Å². The molecule has 7 heteroatoms. The lowest BCUT2D eigenvalue weighted by atomic mass is 9.98. The van der Waals surface area contributed by atoms with Gasteiger partial charge in [-0.2, -0.15) is 0 Å². The summed E-state index contributed by atoms with van der Waals surface area (Å²) in [5, 5.41) is 27.9. The van der Waals surface area contributed by atoms with Gasteiger partial charge in [0.25, 0.3) is 0 Å². The smallest absolute Gasteiger partial charge is 0.336 e. The minimum atomic E-state index is -1.85. The van der Waals surface area contributed by atoms with Crippen LogP contribution in [-0.4, -0.2) is 33.3 Å². The van der Waals surface area contributed by atoms with Crippen LogP contribution in [0.2, 0.25) is 0 Å². The van der Waals surface area contributed by atoms with E-state index in [9.17, 15) is 19.8 Å². The number of nitrogens with two attached hydrogens (primary N) is 1. The van der Waals surface area contributed by atoms with Gasteiger partial charge in [0.2, 0.25) is 5.91 Å². The van der Waals surface area contributed by atoms with Crippen molar-refractivity contribution >= 4 is 27.8 Å². The summed E-state index contributed by atoms with van der Waals surface area (Å²) in [5.41, 5.74) is 4.53. The minimum Gasteiger partial charge on any atom is -0.478 e. The number of aliphatic hydroxyl groups excluding tert-OH is 2. The average Bonchev–Trinajstić information content (AvgIpc) is 2.26. The molecule has 6 nitrogen and oxygen atoms in total. The van der Waals surface area contributed by atoms with Crippen LogP contribution in [0.25, 0.3) is 0 Å². The fourth-order valence-electron chi connectivity index (χ4n) is 1.30. The molecule has 5 N–H and O–H groups in total. The molecule has 0 aliphatic heterocycles. The molecule has 0 saturated heterocycles. The number of carbonyl (C=O) groups is 2. The molecule has 1 aromatic carbocycles. The van der Waals surface area contributed by atoms with Crippen molar-refractivity contribution in [1.29, 1.82) is 0 Å². The van der Waals surface area contributed by atoms with Crippen molar-refractivity contribution in [2.75, 3.05) is 0 Å². The van der Waals surface area contributed by atoms with E-state index in [2.05, 4.69) is 15.9 Å². The molecule has 0 saturated carbocycles. The Bertz CT molecular complexity index is 462. The molecule has 1 aromatic rings. The largest absolute Gasteiger partial charge is 0.478 e. The predicted molar refractivity (Wildman–Crippen MR) is 61.3 cm³/mol. The van der Waals surface area contributed by atoms with Crippen molar-refractivity contribution in [3.05, 3.63) is 33.8 Å². The SMILES string of the molecule is NC(=O)C(O)C(O)c1ccc(Br)cc1C(=O)O. The third kappa shape index (κ3) is 3.02. The summed E-state index contributed by atoms with van der Waals surface area (Å²) >= 11 is 3.08. The van der Waals surface area contributed by atoms with E-state index in [1.807, 2.05) is 0 Å². The zero-order valence-corrected chi connectivity index (χ0v) is 10.1. The maximum atomic E-state index is 10.9. The van der Waals surface area contributed by atoms with Gasteiger partial charge in [0, 0.05) is 4.47 Å². The molecule has 1 amide bonds. The standard InChI is InChI=1S/C10H10BrNO5/c11-4-1-2-5(6(3-4)10(16)17)7(13)8(14)9(12)15/h1-3,7-8,13-14H,(H2,12,15)(H,16,17). The number of benzene rings is 1. The first-order valence-electron chi connectivity index (χ1n) is 4.52. The van der Waals surface area contributed by atoms with Crippen molar-refractivity contribution in [1.82, 2.24) is 0 Å². The summed E-state index contributed by atoms with van der Waals surface area (Å²) in [6.45, 7) is 0. The number of aliphatic hydroxyl groups is 2. The lowest BCUT2D eigenvalue weighted by Gasteiger charge is -2.17. The Morgan fingerprint density at radius 2 is 1.88 bits per heavy atom. The number of carboxylic acid groups (broad SMARTS) is 1. The van der Waals surface area contributed by atoms with Crippen LogP contribution >= 0.6 is 15.9 Å². The topological polar surface area (TPSA) is 121 Å². The second-order valence-electron chi connectivity index (χ2n) is 3.33. The number of halogens is 1. The Hall–Kier alpha value is -1.44. The summed E-state index contributed by atoms with van der Waals surface area (Å²) in [6.07, 6.45) is -3.53. The van der Waals surface area contributed by atoms with E-state index in [-0.39, 0.29) is 11.1 Å². The first-order chi connectivity index (χ1) is 7.84. The maximum absolute atomic E-state index is 10.9. The molecule has 0 fully saturated rings. The Balaban J connectivity index is 3.21. The van der Waals surface area contributed by atoms with Crippen LogP contribution in [0.4, 0.5) is 0 Å². The van der Waals surface area contributed by atoms with Gasteiger partial charge in [-0.15, -0.1) is 0 Å². The predicted octanol–water partition coefficient (Wildman–Crippen LogP) is 0.0269. The summed E-state index contributed by atoms with van der Waals surface area (Å²) < 4.78 is 0.499. The molecular weight excluding hydrogens is 294 g/mol. The van der Waals surface area contributed by atoms with Gasteiger partial charge in [-0.3, -0.25) is 4.79 Å². The van der Waals surface area contributed by atoms with Crippen LogP contribution in [0.15, 0.2) is 22.7 Å². The molecule has 17 heavy (non-hydrogen) atoms. The van der Waals surface area contributed by atoms with Crippen molar-refractivity contribution in [3.63, 3.8) is 0 Å². The molecule has 0 spiro atoms. The van der Waals surface area contributed by atoms with Gasteiger partial charge in [0.15, 0.2) is 6.10 Å². The number of primary amides is 1. The summed E-state index contributed by atoms with van der Waals surface area (Å²) in [5.74, 6) is -2.41. The highest BCUT2D eigenvalue weighted by molar-refractivity contribution is 9.10. The van der Waals surface area contributed by atoms with Gasteiger partial charge in [0.05, 0.1) is 5.56 Å². The number of hydrogen-bond acceptors (Lipinski definition) is 4. The fraction of sp³-hybridized carbons (Fsp3) is 0.200. The van der Waals surface area contributed by atoms with Crippen LogP contribution in [0, 0.1) is 0 Å². The number of aromatic carboxylic acids is 1. The highest BCUT2D eigenvalue weighted by atomic mass is 79.9. The van der Waals surface area contributed by atoms with Gasteiger partial charge >= 0.3 is 5.97 Å². The molecular formula is C10H10BrNO5. The van der Waals surface area contributed by atoms with Crippen molar-refractivity contribution in [2.24, 2.45) is 5.73 Å². The second kappa shape index (κ2) is 5.26. The number of hydrogen-bond donors (Lipinski definition) is 4. The first kappa shape index (κ1) is 13.6. The van der Waals surface area contributed by atoms with Crippen molar-refractivity contribution < 1.29 is 24.9 Å². The molecule has 0 aliphatic carbocycles. The Morgan fingerprint density at radius 3 is 2.35 bits per heavy atom. The molecule has 0 aromatic heterocycles. The van der Waals surface area contributed by atoms with E-state index >= 15 is 0 Å². The molecule has 0 radical (unpaired) electrons. The number of carboxylic acids is 1. The van der Waals surface area contributed by atoms with Gasteiger partial charge in [-0.05, 0) is 17.7 Å². The Kier molecular flexibility index (Phi) is 4.22. The number of rotatable bonds is 4. The molecule has 2 atom stereocenters. The van der Waals surface area contributed by atoms with E-state index in [0.717, 1.165) is 0 Å². The van der Waals surface area contributed by atoms with E-state index in [1.165, 1.54) is 18.2 Å². The molecule has 1 rings (SSSR count). The molecule has 2 unspecified atom stereocenters. The van der Waals surface area contributed by atoms with Gasteiger partial charge in [-0.25, -0.2) is 4.79 Å². The third-order valence-electron chi connectivity index (χ3n) is 2.15. The van der Waals surface area contributed by atoms with Crippen LogP contribution in [0.3, 0.4) is 0 Å². The lowest BCUT2D eigenvalue weighted by Crippen LogP contribution is -2.34. The Morgan fingerprint density at radius 1 is 1.29 bits per heavy atom. The van der Waals surface area contributed by atoms with Crippen molar-refractivity contribution in [2.45, 2.75) is 12.2 Å². The average molecular weight is 304 g/mol. The lowest BCUT2D eigenvalue weighted by molar-refractivity contribution is -0.132. The second-order valence-corrected chi connectivity index (χ2v) is 4.24. The summed E-state index contributed by atoms with van der Waals surface area (Å²) in [6, 6.07) is 4.04. The van der Waals surface area contributed by atoms with E-state index in [4.69, 9.17) is 10.8 Å². The maximum Gasteiger partial charge on any atom is 0.336 e. The Labute approximate surface area is 105 Å². The minimum absolute atomic E-state index is 0.0769.